The van der Waals surface area contributed by atoms with Gasteiger partial charge in [0.1, 0.15) is 12.4 Å². The van der Waals surface area contributed by atoms with Crippen LogP contribution in [0.5, 0.6) is 0 Å². The molecule has 26 heavy (non-hydrogen) atoms. The Morgan fingerprint density at radius 2 is 1.81 bits per heavy atom. The fourth-order valence-electron chi connectivity index (χ4n) is 2.98. The summed E-state index contributed by atoms with van der Waals surface area (Å²) in [6.07, 6.45) is 0. The van der Waals surface area contributed by atoms with Crippen molar-refractivity contribution < 1.29 is 14.3 Å². The zero-order valence-electron chi connectivity index (χ0n) is 15.1. The minimum Gasteiger partial charge on any atom is -0.374 e. The second-order valence-electron chi connectivity index (χ2n) is 7.44. The van der Waals surface area contributed by atoms with Crippen molar-refractivity contribution in [2.45, 2.75) is 38.5 Å². The third-order valence-corrected chi connectivity index (χ3v) is 4.15. The first-order valence-corrected chi connectivity index (χ1v) is 8.48. The highest BCUT2D eigenvalue weighted by molar-refractivity contribution is 6.07. The molecule has 0 bridgehead atoms. The molecule has 6 heteroatoms. The van der Waals surface area contributed by atoms with Gasteiger partial charge in [-0.25, -0.2) is 4.39 Å². The molecule has 0 radical (unpaired) electrons. The molecule has 0 saturated carbocycles. The number of carbonyl (C=O) groups is 1. The predicted octanol–water partition coefficient (Wildman–Crippen LogP) is 3.81. The average Bonchev–Trinajstić information content (AvgIpc) is 2.78. The molecule has 1 unspecified atom stereocenters. The minimum atomic E-state index is -1.92. The fraction of sp³-hybridized carbons (Fsp3) is 0.350. The highest BCUT2D eigenvalue weighted by Gasteiger charge is 2.51. The van der Waals surface area contributed by atoms with Crippen molar-refractivity contribution in [2.24, 2.45) is 10.2 Å². The molecule has 2 aromatic rings. The molecule has 136 valence electrons. The van der Waals surface area contributed by atoms with Gasteiger partial charge in [-0.15, -0.1) is 0 Å². The van der Waals surface area contributed by atoms with E-state index < -0.39 is 22.9 Å². The number of nitrogens with zero attached hydrogens (tertiary/aromatic N) is 3. The highest BCUT2D eigenvalue weighted by atomic mass is 19.1. The molecule has 5 nitrogen and oxygen atoms in total. The van der Waals surface area contributed by atoms with E-state index in [1.807, 2.05) is 51.1 Å². The van der Waals surface area contributed by atoms with E-state index in [-0.39, 0.29) is 24.3 Å². The van der Waals surface area contributed by atoms with Gasteiger partial charge in [0.15, 0.2) is 5.60 Å². The molecule has 3 rings (SSSR count). The van der Waals surface area contributed by atoms with Crippen molar-refractivity contribution in [1.82, 2.24) is 0 Å². The Labute approximate surface area is 152 Å². The summed E-state index contributed by atoms with van der Waals surface area (Å²) in [6, 6.07) is 13.6. The maximum atomic E-state index is 14.5. The summed E-state index contributed by atoms with van der Waals surface area (Å²) in [5, 5.41) is 19.2. The standard InChI is InChI=1S/C20H22FN3O2/c1-19(2,3)23-22-13-20(26)15-10-7-11-16(21)17(15)24(18(20)25)12-14-8-5-4-6-9-14/h4-11,26H,12-13H2,1-3H3. The molecule has 0 fully saturated rings. The Hall–Kier alpha value is -2.60. The van der Waals surface area contributed by atoms with Crippen LogP contribution in [0.4, 0.5) is 10.1 Å². The quantitative estimate of drug-likeness (QED) is 0.848. The molecule has 0 aliphatic carbocycles. The average molecular weight is 355 g/mol. The van der Waals surface area contributed by atoms with Crippen LogP contribution in [0.1, 0.15) is 31.9 Å². The van der Waals surface area contributed by atoms with Crippen molar-refractivity contribution in [3.63, 3.8) is 0 Å². The summed E-state index contributed by atoms with van der Waals surface area (Å²) in [6.45, 7) is 5.53. The van der Waals surface area contributed by atoms with Crippen LogP contribution >= 0.6 is 0 Å². The first kappa shape index (κ1) is 18.2. The van der Waals surface area contributed by atoms with E-state index in [1.165, 1.54) is 17.0 Å². The summed E-state index contributed by atoms with van der Waals surface area (Å²) in [5.41, 5.74) is -1.16. The van der Waals surface area contributed by atoms with Gasteiger partial charge in [0, 0.05) is 5.56 Å². The van der Waals surface area contributed by atoms with Crippen LogP contribution in [-0.4, -0.2) is 23.1 Å². The third kappa shape index (κ3) is 3.37. The van der Waals surface area contributed by atoms with Gasteiger partial charge in [0.25, 0.3) is 5.91 Å². The van der Waals surface area contributed by atoms with Gasteiger partial charge < -0.3 is 10.0 Å². The van der Waals surface area contributed by atoms with Gasteiger partial charge in [-0.3, -0.25) is 4.79 Å². The predicted molar refractivity (Wildman–Crippen MR) is 97.4 cm³/mol. The molecule has 1 aliphatic rings. The second kappa shape index (κ2) is 6.61. The van der Waals surface area contributed by atoms with Crippen molar-refractivity contribution in [1.29, 1.82) is 0 Å². The maximum Gasteiger partial charge on any atom is 0.266 e. The highest BCUT2D eigenvalue weighted by Crippen LogP contribution is 2.43. The second-order valence-corrected chi connectivity index (χ2v) is 7.44. The zero-order chi connectivity index (χ0) is 18.9. The van der Waals surface area contributed by atoms with Crippen LogP contribution in [0.3, 0.4) is 0 Å². The summed E-state index contributed by atoms with van der Waals surface area (Å²) in [5.74, 6) is -1.13. The van der Waals surface area contributed by atoms with Gasteiger partial charge in [-0.1, -0.05) is 42.5 Å². The fourth-order valence-corrected chi connectivity index (χ4v) is 2.98. The van der Waals surface area contributed by atoms with Crippen LogP contribution in [0.25, 0.3) is 0 Å². The zero-order valence-corrected chi connectivity index (χ0v) is 15.1. The molecule has 0 saturated heterocycles. The maximum absolute atomic E-state index is 14.5. The number of hydrogen-bond donors (Lipinski definition) is 1. The number of para-hydroxylation sites is 1. The van der Waals surface area contributed by atoms with Gasteiger partial charge in [-0.2, -0.15) is 10.2 Å². The molecular formula is C20H22FN3O2. The number of carbonyl (C=O) groups excluding carboxylic acids is 1. The van der Waals surface area contributed by atoms with E-state index in [0.29, 0.717) is 0 Å². The van der Waals surface area contributed by atoms with E-state index in [1.54, 1.807) is 6.07 Å². The van der Waals surface area contributed by atoms with Crippen molar-refractivity contribution in [3.8, 4) is 0 Å². The SMILES string of the molecule is CC(C)(C)N=NCC1(O)C(=O)N(Cc2ccccc2)c2c(F)cccc21. The van der Waals surface area contributed by atoms with Crippen LogP contribution in [0.15, 0.2) is 58.8 Å². The Morgan fingerprint density at radius 3 is 2.46 bits per heavy atom. The molecule has 1 atom stereocenters. The summed E-state index contributed by atoms with van der Waals surface area (Å²) < 4.78 is 14.5. The van der Waals surface area contributed by atoms with E-state index in [0.717, 1.165) is 5.56 Å². The van der Waals surface area contributed by atoms with Gasteiger partial charge in [0.05, 0.1) is 17.8 Å². The monoisotopic (exact) mass is 355 g/mol. The first-order valence-electron chi connectivity index (χ1n) is 8.48. The van der Waals surface area contributed by atoms with E-state index in [9.17, 15) is 14.3 Å². The molecule has 1 aliphatic heterocycles. The number of aliphatic hydroxyl groups is 1. The Kier molecular flexibility index (Phi) is 4.63. The number of anilines is 1. The van der Waals surface area contributed by atoms with Crippen molar-refractivity contribution in [3.05, 3.63) is 65.5 Å². The number of rotatable bonds is 4. The molecular weight excluding hydrogens is 333 g/mol. The van der Waals surface area contributed by atoms with E-state index >= 15 is 0 Å². The van der Waals surface area contributed by atoms with E-state index in [4.69, 9.17) is 0 Å². The van der Waals surface area contributed by atoms with Crippen LogP contribution < -0.4 is 4.90 Å². The molecule has 1 amide bonds. The number of azo groups is 1. The first-order chi connectivity index (χ1) is 12.2. The van der Waals surface area contributed by atoms with Crippen molar-refractivity contribution >= 4 is 11.6 Å². The molecule has 0 aromatic heterocycles. The number of amides is 1. The van der Waals surface area contributed by atoms with Gasteiger partial charge in [-0.05, 0) is 32.4 Å². The van der Waals surface area contributed by atoms with Crippen LogP contribution in [0.2, 0.25) is 0 Å². The Morgan fingerprint density at radius 1 is 1.12 bits per heavy atom. The number of hydrogen-bond acceptors (Lipinski definition) is 4. The molecule has 1 heterocycles. The topological polar surface area (TPSA) is 65.3 Å². The lowest BCUT2D eigenvalue weighted by Crippen LogP contribution is -2.42. The number of fused-ring (bicyclic) bond motifs is 1. The third-order valence-electron chi connectivity index (χ3n) is 4.15. The lowest BCUT2D eigenvalue weighted by Gasteiger charge is -2.22. The summed E-state index contributed by atoms with van der Waals surface area (Å²) >= 11 is 0. The van der Waals surface area contributed by atoms with Crippen LogP contribution in [-0.2, 0) is 16.9 Å². The smallest absolute Gasteiger partial charge is 0.266 e. The largest absolute Gasteiger partial charge is 0.374 e. The molecule has 0 spiro atoms. The van der Waals surface area contributed by atoms with Crippen LogP contribution in [0, 0.1) is 5.82 Å². The van der Waals surface area contributed by atoms with Crippen molar-refractivity contribution in [2.75, 3.05) is 11.4 Å². The van der Waals surface area contributed by atoms with Gasteiger partial charge >= 0.3 is 0 Å². The number of halogens is 1. The minimum absolute atomic E-state index is 0.106. The normalized spacial score (nSPS) is 20.0. The Bertz CT molecular complexity index is 846. The molecule has 2 aromatic carbocycles. The lowest BCUT2D eigenvalue weighted by atomic mass is 9.95. The summed E-state index contributed by atoms with van der Waals surface area (Å²) in [7, 11) is 0. The lowest BCUT2D eigenvalue weighted by molar-refractivity contribution is -0.135. The van der Waals surface area contributed by atoms with E-state index in [2.05, 4.69) is 10.2 Å². The number of benzene rings is 2. The Balaban J connectivity index is 1.99. The van der Waals surface area contributed by atoms with Gasteiger partial charge in [0.2, 0.25) is 0 Å². The summed E-state index contributed by atoms with van der Waals surface area (Å²) in [4.78, 5) is 14.3. The molecule has 1 N–H and O–H groups in total.